The fraction of sp³-hybridized carbons (Fsp3) is 0. The number of allylic oxidation sites excluding steroid dienone is 3. The summed E-state index contributed by atoms with van der Waals surface area (Å²) in [6.07, 6.45) is 1.82. The van der Waals surface area contributed by atoms with E-state index >= 15 is 0 Å². The summed E-state index contributed by atoms with van der Waals surface area (Å²) >= 11 is 17.3. The van der Waals surface area contributed by atoms with Gasteiger partial charge in [0.1, 0.15) is 5.71 Å². The number of hydrogen-bond donors (Lipinski definition) is 1. The molecule has 1 aliphatic rings. The molecule has 2 aromatic rings. The van der Waals surface area contributed by atoms with Crippen LogP contribution in [-0.2, 0) is 24.8 Å². The second-order valence-corrected chi connectivity index (χ2v) is 10.4. The molecule has 3 rings (SSSR count). The van der Waals surface area contributed by atoms with Crippen molar-refractivity contribution < 1.29 is 21.6 Å². The largest absolute Gasteiger partial charge is 0.288 e. The van der Waals surface area contributed by atoms with Gasteiger partial charge in [-0.1, -0.05) is 34.8 Å². The number of nitrogens with one attached hydrogen (secondary N) is 1. The zero-order valence-corrected chi connectivity index (χ0v) is 18.6. The molecule has 12 heteroatoms. The maximum Gasteiger partial charge on any atom is 0.282 e. The van der Waals surface area contributed by atoms with Gasteiger partial charge in [0.25, 0.3) is 20.0 Å². The highest BCUT2D eigenvalue weighted by Gasteiger charge is 2.25. The molecule has 1 aliphatic carbocycles. The number of hydrogen-bond acceptors (Lipinski definition) is 5. The molecule has 0 saturated carbocycles. The van der Waals surface area contributed by atoms with Crippen molar-refractivity contribution in [1.82, 2.24) is 4.72 Å². The smallest absolute Gasteiger partial charge is 0.282 e. The van der Waals surface area contributed by atoms with Gasteiger partial charge >= 0.3 is 0 Å². The standard InChI is InChI=1S/C18H11Cl3N2O5S2/c19-11-1-5-13(6-2-11)29(25,26)22-16-9-15(21)18(24)10-17(16)23-30(27,28)14-7-3-12(20)4-8-14/h1-10,23H/b22-16+. The lowest BCUT2D eigenvalue weighted by Crippen LogP contribution is -2.30. The second-order valence-electron chi connectivity index (χ2n) is 5.88. The average molecular weight is 506 g/mol. The van der Waals surface area contributed by atoms with Crippen molar-refractivity contribution in [2.75, 3.05) is 0 Å². The first-order valence-electron chi connectivity index (χ1n) is 8.00. The molecule has 0 unspecified atom stereocenters. The molecule has 0 amide bonds. The Hall–Kier alpha value is -2.17. The van der Waals surface area contributed by atoms with E-state index in [1.54, 1.807) is 0 Å². The Bertz CT molecular complexity index is 1310. The van der Waals surface area contributed by atoms with Gasteiger partial charge in [-0.25, -0.2) is 8.42 Å². The predicted octanol–water partition coefficient (Wildman–Crippen LogP) is 3.69. The van der Waals surface area contributed by atoms with Crippen molar-refractivity contribution in [3.8, 4) is 0 Å². The summed E-state index contributed by atoms with van der Waals surface area (Å²) in [6, 6.07) is 10.4. The van der Waals surface area contributed by atoms with Crippen molar-refractivity contribution in [2.24, 2.45) is 4.40 Å². The molecule has 0 atom stereocenters. The van der Waals surface area contributed by atoms with E-state index in [0.717, 1.165) is 12.2 Å². The van der Waals surface area contributed by atoms with Crippen LogP contribution in [0.4, 0.5) is 0 Å². The fourth-order valence-electron chi connectivity index (χ4n) is 2.31. The highest BCUT2D eigenvalue weighted by atomic mass is 35.5. The first-order chi connectivity index (χ1) is 14.0. The fourth-order valence-corrected chi connectivity index (χ4v) is 4.78. The minimum absolute atomic E-state index is 0.152. The molecule has 2 aromatic carbocycles. The highest BCUT2D eigenvalue weighted by Crippen LogP contribution is 2.22. The van der Waals surface area contributed by atoms with E-state index in [0.29, 0.717) is 10.0 Å². The molecule has 0 heterocycles. The third kappa shape index (κ3) is 5.11. The molecule has 0 saturated heterocycles. The van der Waals surface area contributed by atoms with Crippen LogP contribution in [0.2, 0.25) is 10.0 Å². The van der Waals surface area contributed by atoms with Gasteiger partial charge in [0.2, 0.25) is 0 Å². The van der Waals surface area contributed by atoms with Gasteiger partial charge in [0.05, 0.1) is 20.5 Å². The number of carbonyl (C=O) groups is 1. The van der Waals surface area contributed by atoms with Crippen molar-refractivity contribution >= 4 is 66.3 Å². The van der Waals surface area contributed by atoms with Gasteiger partial charge in [0, 0.05) is 16.1 Å². The van der Waals surface area contributed by atoms with E-state index in [1.165, 1.54) is 48.5 Å². The van der Waals surface area contributed by atoms with Crippen LogP contribution >= 0.6 is 34.8 Å². The number of rotatable bonds is 5. The van der Waals surface area contributed by atoms with E-state index in [4.69, 9.17) is 34.8 Å². The normalized spacial score (nSPS) is 16.2. The lowest BCUT2D eigenvalue weighted by atomic mass is 10.1. The lowest BCUT2D eigenvalue weighted by molar-refractivity contribution is -0.110. The molecule has 0 spiro atoms. The van der Waals surface area contributed by atoms with Crippen molar-refractivity contribution in [2.45, 2.75) is 9.79 Å². The van der Waals surface area contributed by atoms with Gasteiger partial charge in [-0.15, -0.1) is 0 Å². The third-order valence-corrected chi connectivity index (χ3v) is 7.23. The minimum atomic E-state index is -4.25. The molecule has 0 aromatic heterocycles. The van der Waals surface area contributed by atoms with Crippen molar-refractivity contribution in [3.63, 3.8) is 0 Å². The first-order valence-corrected chi connectivity index (χ1v) is 12.1. The Balaban J connectivity index is 2.03. The van der Waals surface area contributed by atoms with Crippen LogP contribution in [0.3, 0.4) is 0 Å². The van der Waals surface area contributed by atoms with Gasteiger partial charge in [-0.05, 0) is 54.6 Å². The summed E-state index contributed by atoms with van der Waals surface area (Å²) in [6.45, 7) is 0. The molecular formula is C18H11Cl3N2O5S2. The predicted molar refractivity (Wildman–Crippen MR) is 115 cm³/mol. The van der Waals surface area contributed by atoms with Gasteiger partial charge < -0.3 is 0 Å². The number of benzene rings is 2. The van der Waals surface area contributed by atoms with Crippen LogP contribution in [0.15, 0.2) is 85.6 Å². The third-order valence-electron chi connectivity index (χ3n) is 3.75. The van der Waals surface area contributed by atoms with Crippen molar-refractivity contribution in [1.29, 1.82) is 0 Å². The SMILES string of the molecule is O=C1C=C(NS(=O)(=O)c2ccc(Cl)cc2)/C(=N/S(=O)(=O)c2ccc(Cl)cc2)C=C1Cl. The lowest BCUT2D eigenvalue weighted by Gasteiger charge is -2.15. The number of carbonyl (C=O) groups excluding carboxylic acids is 1. The minimum Gasteiger partial charge on any atom is -0.288 e. The van der Waals surface area contributed by atoms with Gasteiger partial charge in [-0.2, -0.15) is 12.8 Å². The summed E-state index contributed by atoms with van der Waals surface area (Å²) in [4.78, 5) is 11.6. The number of ketones is 1. The first kappa shape index (κ1) is 22.5. The molecule has 0 aliphatic heterocycles. The van der Waals surface area contributed by atoms with Gasteiger partial charge in [0.15, 0.2) is 5.78 Å². The Kier molecular flexibility index (Phi) is 6.40. The van der Waals surface area contributed by atoms with Crippen LogP contribution < -0.4 is 4.72 Å². The number of nitrogens with zero attached hydrogens (tertiary/aromatic N) is 1. The average Bonchev–Trinajstić information content (AvgIpc) is 2.66. The molecular weight excluding hydrogens is 495 g/mol. The van der Waals surface area contributed by atoms with Gasteiger partial charge in [-0.3, -0.25) is 9.52 Å². The molecule has 7 nitrogen and oxygen atoms in total. The van der Waals surface area contributed by atoms with E-state index in [1.807, 2.05) is 0 Å². The van der Waals surface area contributed by atoms with Crippen LogP contribution in [0.25, 0.3) is 0 Å². The van der Waals surface area contributed by atoms with E-state index in [9.17, 15) is 21.6 Å². The van der Waals surface area contributed by atoms with Crippen LogP contribution in [0.1, 0.15) is 0 Å². The molecule has 156 valence electrons. The topological polar surface area (TPSA) is 110 Å². The zero-order chi connectivity index (χ0) is 22.1. The Morgan fingerprint density at radius 3 is 1.77 bits per heavy atom. The molecule has 0 fully saturated rings. The van der Waals surface area contributed by atoms with E-state index in [-0.39, 0.29) is 26.2 Å². The van der Waals surface area contributed by atoms with Crippen LogP contribution in [0.5, 0.6) is 0 Å². The highest BCUT2D eigenvalue weighted by molar-refractivity contribution is 7.90. The Labute approximate surface area is 187 Å². The van der Waals surface area contributed by atoms with Crippen molar-refractivity contribution in [3.05, 3.63) is 81.5 Å². The molecule has 1 N–H and O–H groups in total. The molecule has 0 bridgehead atoms. The number of sulfonamides is 2. The monoisotopic (exact) mass is 504 g/mol. The second kappa shape index (κ2) is 8.52. The van der Waals surface area contributed by atoms with Crippen LogP contribution in [0, 0.1) is 0 Å². The summed E-state index contributed by atoms with van der Waals surface area (Å²) in [5.74, 6) is -0.715. The quantitative estimate of drug-likeness (QED) is 0.623. The summed E-state index contributed by atoms with van der Waals surface area (Å²) in [7, 11) is -8.43. The maximum atomic E-state index is 12.6. The number of halogens is 3. The maximum absolute atomic E-state index is 12.6. The summed E-state index contributed by atoms with van der Waals surface area (Å²) < 4.78 is 56.3. The Morgan fingerprint density at radius 1 is 0.733 bits per heavy atom. The summed E-state index contributed by atoms with van der Waals surface area (Å²) in [5.41, 5.74) is -0.705. The summed E-state index contributed by atoms with van der Waals surface area (Å²) in [5, 5.41) is 0.325. The molecule has 0 radical (unpaired) electrons. The van der Waals surface area contributed by atoms with Crippen LogP contribution in [-0.4, -0.2) is 28.3 Å². The van der Waals surface area contributed by atoms with E-state index in [2.05, 4.69) is 9.12 Å². The molecule has 30 heavy (non-hydrogen) atoms. The van der Waals surface area contributed by atoms with E-state index < -0.39 is 25.8 Å². The Morgan fingerprint density at radius 2 is 1.23 bits per heavy atom. The zero-order valence-electron chi connectivity index (χ0n) is 14.7.